The first-order valence-electron chi connectivity index (χ1n) is 5.23. The number of hydrogen-bond acceptors (Lipinski definition) is 2. The zero-order valence-corrected chi connectivity index (χ0v) is 8.94. The molecule has 0 radical (unpaired) electrons. The smallest absolute Gasteiger partial charge is 0.200 e. The van der Waals surface area contributed by atoms with E-state index in [4.69, 9.17) is 4.74 Å². The molecule has 0 aromatic heterocycles. The maximum Gasteiger partial charge on any atom is 0.200 e. The van der Waals surface area contributed by atoms with Crippen LogP contribution in [0, 0.1) is 0 Å². The molecule has 0 atom stereocenters. The summed E-state index contributed by atoms with van der Waals surface area (Å²) in [5.74, 6) is 0.364. The van der Waals surface area contributed by atoms with Gasteiger partial charge in [-0.1, -0.05) is 0 Å². The molecule has 2 aliphatic rings. The fourth-order valence-electron chi connectivity index (χ4n) is 1.74. The van der Waals surface area contributed by atoms with E-state index >= 15 is 0 Å². The van der Waals surface area contributed by atoms with Crippen LogP contribution in [0.25, 0.3) is 0 Å². The zero-order valence-electron chi connectivity index (χ0n) is 8.94. The highest BCUT2D eigenvalue weighted by Crippen LogP contribution is 2.10. The van der Waals surface area contributed by atoms with Crippen LogP contribution in [0.2, 0.25) is 0 Å². The van der Waals surface area contributed by atoms with Crippen molar-refractivity contribution in [1.29, 1.82) is 0 Å². The molecule has 80 valence electrons. The van der Waals surface area contributed by atoms with E-state index in [9.17, 15) is 5.11 Å². The molecule has 2 rings (SSSR count). The van der Waals surface area contributed by atoms with Crippen molar-refractivity contribution >= 4 is 5.71 Å². The third-order valence-corrected chi connectivity index (χ3v) is 2.66. The van der Waals surface area contributed by atoms with Gasteiger partial charge in [0.05, 0.1) is 5.76 Å². The van der Waals surface area contributed by atoms with Gasteiger partial charge in [0.25, 0.3) is 0 Å². The van der Waals surface area contributed by atoms with Crippen molar-refractivity contribution in [1.82, 2.24) is 0 Å². The predicted octanol–water partition coefficient (Wildman–Crippen LogP) is 1.43. The molecule has 0 bridgehead atoms. The van der Waals surface area contributed by atoms with E-state index in [0.29, 0.717) is 5.76 Å². The van der Waals surface area contributed by atoms with Gasteiger partial charge in [-0.05, 0) is 19.1 Å². The SMILES string of the molecule is CC(O)=C1C=CC(=[N+]2CCOCC2)C=C1. The highest BCUT2D eigenvalue weighted by atomic mass is 16.5. The fraction of sp³-hybridized carbons (Fsp3) is 0.417. The normalized spacial score (nSPS) is 21.0. The Labute approximate surface area is 89.7 Å². The Bertz CT molecular complexity index is 345. The highest BCUT2D eigenvalue weighted by Gasteiger charge is 2.16. The van der Waals surface area contributed by atoms with E-state index < -0.39 is 0 Å². The Kier molecular flexibility index (Phi) is 3.02. The minimum absolute atomic E-state index is 0.364. The number of aliphatic hydroxyl groups excluding tert-OH is 1. The molecule has 0 aromatic carbocycles. The number of ether oxygens (including phenoxy) is 1. The third-order valence-electron chi connectivity index (χ3n) is 2.66. The van der Waals surface area contributed by atoms with Crippen LogP contribution in [0.3, 0.4) is 0 Å². The van der Waals surface area contributed by atoms with E-state index in [1.54, 1.807) is 6.92 Å². The Morgan fingerprint density at radius 3 is 2.33 bits per heavy atom. The van der Waals surface area contributed by atoms with Gasteiger partial charge >= 0.3 is 0 Å². The van der Waals surface area contributed by atoms with Crippen LogP contribution in [-0.4, -0.2) is 41.7 Å². The fourth-order valence-corrected chi connectivity index (χ4v) is 1.74. The zero-order chi connectivity index (χ0) is 10.7. The molecule has 3 nitrogen and oxygen atoms in total. The molecule has 1 saturated heterocycles. The Morgan fingerprint density at radius 2 is 1.80 bits per heavy atom. The molecular formula is C12H16NO2+. The summed E-state index contributed by atoms with van der Waals surface area (Å²) < 4.78 is 7.59. The lowest BCUT2D eigenvalue weighted by atomic mass is 10.1. The molecule has 1 heterocycles. The van der Waals surface area contributed by atoms with E-state index in [2.05, 4.69) is 4.58 Å². The summed E-state index contributed by atoms with van der Waals surface area (Å²) >= 11 is 0. The van der Waals surface area contributed by atoms with Crippen molar-refractivity contribution in [3.05, 3.63) is 35.6 Å². The molecule has 1 N–H and O–H groups in total. The van der Waals surface area contributed by atoms with Crippen molar-refractivity contribution in [2.75, 3.05) is 26.3 Å². The van der Waals surface area contributed by atoms with Gasteiger partial charge in [-0.25, -0.2) is 4.58 Å². The molecule has 0 saturated carbocycles. The molecule has 1 fully saturated rings. The van der Waals surface area contributed by atoms with Crippen LogP contribution in [0.1, 0.15) is 6.92 Å². The van der Waals surface area contributed by atoms with Gasteiger partial charge in [0.2, 0.25) is 0 Å². The average molecular weight is 206 g/mol. The van der Waals surface area contributed by atoms with E-state index in [1.807, 2.05) is 24.3 Å². The number of rotatable bonds is 0. The standard InChI is InChI=1S/C12H15NO2/c1-10(14)11-2-4-12(5-3-11)13-6-8-15-9-7-13/h2-5H,6-9H2,1H3/p+1. The maximum absolute atomic E-state index is 9.31. The second kappa shape index (κ2) is 4.45. The van der Waals surface area contributed by atoms with Crippen LogP contribution >= 0.6 is 0 Å². The summed E-state index contributed by atoms with van der Waals surface area (Å²) in [6.07, 6.45) is 7.97. The van der Waals surface area contributed by atoms with Crippen LogP contribution in [0.4, 0.5) is 0 Å². The number of aliphatic hydroxyl groups is 1. The van der Waals surface area contributed by atoms with E-state index in [-0.39, 0.29) is 0 Å². The second-order valence-corrected chi connectivity index (χ2v) is 3.73. The van der Waals surface area contributed by atoms with Gasteiger partial charge in [-0.2, -0.15) is 0 Å². The average Bonchev–Trinajstić information content (AvgIpc) is 2.30. The molecular weight excluding hydrogens is 190 g/mol. The van der Waals surface area contributed by atoms with Crippen molar-refractivity contribution in [2.24, 2.45) is 0 Å². The summed E-state index contributed by atoms with van der Waals surface area (Å²) in [6, 6.07) is 0. The predicted molar refractivity (Wildman–Crippen MR) is 59.4 cm³/mol. The van der Waals surface area contributed by atoms with Gasteiger partial charge in [0, 0.05) is 17.7 Å². The summed E-state index contributed by atoms with van der Waals surface area (Å²) in [6.45, 7) is 5.19. The lowest BCUT2D eigenvalue weighted by Crippen LogP contribution is -2.32. The maximum atomic E-state index is 9.31. The van der Waals surface area contributed by atoms with Crippen LogP contribution in [0.5, 0.6) is 0 Å². The Balaban J connectivity index is 2.19. The topological polar surface area (TPSA) is 32.5 Å². The van der Waals surface area contributed by atoms with Crippen LogP contribution in [0.15, 0.2) is 35.6 Å². The van der Waals surface area contributed by atoms with Crippen molar-refractivity contribution in [3.63, 3.8) is 0 Å². The lowest BCUT2D eigenvalue weighted by Gasteiger charge is -2.13. The first-order chi connectivity index (χ1) is 7.27. The van der Waals surface area contributed by atoms with Crippen molar-refractivity contribution in [3.8, 4) is 0 Å². The minimum atomic E-state index is 0.364. The quantitative estimate of drug-likeness (QED) is 0.480. The first kappa shape index (κ1) is 10.2. The van der Waals surface area contributed by atoms with Gasteiger partial charge in [-0.3, -0.25) is 0 Å². The Morgan fingerprint density at radius 1 is 1.20 bits per heavy atom. The molecule has 1 aliphatic heterocycles. The van der Waals surface area contributed by atoms with E-state index in [0.717, 1.165) is 31.9 Å². The largest absolute Gasteiger partial charge is 0.512 e. The molecule has 0 amide bonds. The number of nitrogens with zero attached hydrogens (tertiary/aromatic N) is 1. The van der Waals surface area contributed by atoms with Crippen molar-refractivity contribution in [2.45, 2.75) is 6.92 Å². The first-order valence-corrected chi connectivity index (χ1v) is 5.23. The van der Waals surface area contributed by atoms with Gasteiger partial charge in [-0.15, -0.1) is 0 Å². The van der Waals surface area contributed by atoms with Gasteiger partial charge in [0.15, 0.2) is 18.8 Å². The molecule has 3 heteroatoms. The molecule has 0 spiro atoms. The van der Waals surface area contributed by atoms with Crippen LogP contribution < -0.4 is 0 Å². The summed E-state index contributed by atoms with van der Waals surface area (Å²) in [5, 5.41) is 9.31. The molecule has 0 unspecified atom stereocenters. The second-order valence-electron chi connectivity index (χ2n) is 3.73. The molecule has 15 heavy (non-hydrogen) atoms. The summed E-state index contributed by atoms with van der Waals surface area (Å²) in [4.78, 5) is 0. The lowest BCUT2D eigenvalue weighted by molar-refractivity contribution is -0.547. The summed E-state index contributed by atoms with van der Waals surface area (Å²) in [5.41, 5.74) is 2.08. The summed E-state index contributed by atoms with van der Waals surface area (Å²) in [7, 11) is 0. The number of hydrogen-bond donors (Lipinski definition) is 1. The van der Waals surface area contributed by atoms with Gasteiger partial charge in [0.1, 0.15) is 13.2 Å². The van der Waals surface area contributed by atoms with E-state index in [1.165, 1.54) is 5.71 Å². The molecule has 1 aliphatic carbocycles. The Hall–Kier alpha value is -1.35. The van der Waals surface area contributed by atoms with Crippen LogP contribution in [-0.2, 0) is 4.74 Å². The van der Waals surface area contributed by atoms with Gasteiger partial charge < -0.3 is 9.84 Å². The van der Waals surface area contributed by atoms with Crippen molar-refractivity contribution < 1.29 is 14.4 Å². The number of morpholine rings is 1. The molecule has 0 aromatic rings. The third kappa shape index (κ3) is 2.36. The monoisotopic (exact) mass is 206 g/mol. The minimum Gasteiger partial charge on any atom is -0.512 e. The number of allylic oxidation sites excluding steroid dienone is 6. The highest BCUT2D eigenvalue weighted by molar-refractivity contribution is 6.02.